The van der Waals surface area contributed by atoms with Gasteiger partial charge in [-0.3, -0.25) is 4.79 Å². The molecule has 0 aromatic heterocycles. The van der Waals surface area contributed by atoms with Gasteiger partial charge >= 0.3 is 0 Å². The summed E-state index contributed by atoms with van der Waals surface area (Å²) < 4.78 is 11.1. The number of aliphatic hydroxyl groups excluding tert-OH is 5. The van der Waals surface area contributed by atoms with Crippen LogP contribution in [0.25, 0.3) is 0 Å². The van der Waals surface area contributed by atoms with Crippen molar-refractivity contribution < 1.29 is 39.8 Å². The minimum absolute atomic E-state index is 0.134. The van der Waals surface area contributed by atoms with Gasteiger partial charge < -0.3 is 40.3 Å². The van der Waals surface area contributed by atoms with Crippen molar-refractivity contribution in [3.05, 3.63) is 0 Å². The Bertz CT molecular complexity index is 637. The molecule has 250 valence electrons. The number of carbonyl (C=O) groups is 1. The number of rotatable bonds is 27. The molecule has 0 bridgehead atoms. The van der Waals surface area contributed by atoms with Gasteiger partial charge in [-0.05, 0) is 12.8 Å². The lowest BCUT2D eigenvalue weighted by atomic mass is 9.99. The average Bonchev–Trinajstić information content (AvgIpc) is 2.98. The van der Waals surface area contributed by atoms with Crippen molar-refractivity contribution in [1.29, 1.82) is 0 Å². The van der Waals surface area contributed by atoms with E-state index >= 15 is 0 Å². The van der Waals surface area contributed by atoms with Crippen LogP contribution in [0.2, 0.25) is 0 Å². The van der Waals surface area contributed by atoms with Gasteiger partial charge in [0, 0.05) is 6.42 Å². The maximum Gasteiger partial charge on any atom is 0.220 e. The number of carbonyl (C=O) groups excluding carboxylic acids is 1. The van der Waals surface area contributed by atoms with E-state index in [2.05, 4.69) is 19.2 Å². The molecule has 2 unspecified atom stereocenters. The Kier molecular flexibility index (Phi) is 23.8. The Morgan fingerprint density at radius 2 is 1.19 bits per heavy atom. The number of unbranched alkanes of at least 4 members (excludes halogenated alkanes) is 17. The van der Waals surface area contributed by atoms with E-state index in [0.29, 0.717) is 12.8 Å². The van der Waals surface area contributed by atoms with E-state index in [4.69, 9.17) is 9.47 Å². The lowest BCUT2D eigenvalue weighted by Crippen LogP contribution is -2.60. The first-order chi connectivity index (χ1) is 20.3. The first-order valence-electron chi connectivity index (χ1n) is 17.2. The summed E-state index contributed by atoms with van der Waals surface area (Å²) in [6.07, 6.45) is 15.5. The standard InChI is InChI=1S/C33H65NO8/c1-3-5-7-9-11-13-15-16-18-20-22-27(36)26(25-41-33-32(40)31(39)30(38)28(24-35)42-33)34-29(37)23-21-19-17-14-12-10-8-6-4-2/h26-28,30-33,35-36,38-40H,3-25H2,1-2H3,(H,34,37)/t26-,27+,28+,30+,31?,32?,33+/m0/s1. The van der Waals surface area contributed by atoms with Crippen LogP contribution in [0.15, 0.2) is 0 Å². The first-order valence-corrected chi connectivity index (χ1v) is 17.2. The molecule has 0 aromatic rings. The minimum Gasteiger partial charge on any atom is -0.394 e. The quantitative estimate of drug-likeness (QED) is 0.0728. The van der Waals surface area contributed by atoms with Crippen molar-refractivity contribution in [3.8, 4) is 0 Å². The zero-order valence-electron chi connectivity index (χ0n) is 26.8. The van der Waals surface area contributed by atoms with Crippen molar-refractivity contribution >= 4 is 5.91 Å². The highest BCUT2D eigenvalue weighted by molar-refractivity contribution is 5.76. The summed E-state index contributed by atoms with van der Waals surface area (Å²) >= 11 is 0. The van der Waals surface area contributed by atoms with Gasteiger partial charge in [0.2, 0.25) is 5.91 Å². The van der Waals surface area contributed by atoms with Gasteiger partial charge in [-0.25, -0.2) is 0 Å². The summed E-state index contributed by atoms with van der Waals surface area (Å²) in [6.45, 7) is 3.76. The predicted octanol–water partition coefficient (Wildman–Crippen LogP) is 4.88. The van der Waals surface area contributed by atoms with Crippen molar-refractivity contribution in [1.82, 2.24) is 5.32 Å². The molecule has 0 spiro atoms. The third kappa shape index (κ3) is 17.5. The molecular weight excluding hydrogens is 538 g/mol. The van der Waals surface area contributed by atoms with Gasteiger partial charge in [0.25, 0.3) is 0 Å². The summed E-state index contributed by atoms with van der Waals surface area (Å²) in [4.78, 5) is 12.8. The number of nitrogens with one attached hydrogen (secondary N) is 1. The summed E-state index contributed by atoms with van der Waals surface area (Å²) in [5, 5.41) is 53.7. The lowest BCUT2D eigenvalue weighted by molar-refractivity contribution is -0.302. The molecule has 0 aromatic carbocycles. The van der Waals surface area contributed by atoms with E-state index in [9.17, 15) is 30.3 Å². The van der Waals surface area contributed by atoms with E-state index in [1.165, 1.54) is 83.5 Å². The summed E-state index contributed by atoms with van der Waals surface area (Å²) in [7, 11) is 0. The van der Waals surface area contributed by atoms with Crippen LogP contribution < -0.4 is 5.32 Å². The van der Waals surface area contributed by atoms with E-state index < -0.39 is 49.5 Å². The molecule has 6 N–H and O–H groups in total. The third-order valence-corrected chi connectivity index (χ3v) is 8.46. The number of hydrogen-bond acceptors (Lipinski definition) is 8. The Labute approximate surface area is 255 Å². The molecule has 0 saturated carbocycles. The molecule has 1 aliphatic heterocycles. The van der Waals surface area contributed by atoms with Crippen LogP contribution in [0.1, 0.15) is 149 Å². The number of amides is 1. The first kappa shape index (κ1) is 39.2. The summed E-state index contributed by atoms with van der Waals surface area (Å²) in [5.41, 5.74) is 0. The van der Waals surface area contributed by atoms with Crippen molar-refractivity contribution in [2.24, 2.45) is 0 Å². The van der Waals surface area contributed by atoms with Crippen molar-refractivity contribution in [2.75, 3.05) is 13.2 Å². The number of hydrogen-bond donors (Lipinski definition) is 6. The maximum absolute atomic E-state index is 12.8. The maximum atomic E-state index is 12.8. The molecule has 42 heavy (non-hydrogen) atoms. The van der Waals surface area contributed by atoms with Gasteiger partial charge in [0.1, 0.15) is 24.4 Å². The Morgan fingerprint density at radius 1 is 0.714 bits per heavy atom. The van der Waals surface area contributed by atoms with Gasteiger partial charge in [-0.2, -0.15) is 0 Å². The second kappa shape index (κ2) is 25.5. The smallest absolute Gasteiger partial charge is 0.220 e. The lowest BCUT2D eigenvalue weighted by Gasteiger charge is -2.40. The Balaban J connectivity index is 2.49. The highest BCUT2D eigenvalue weighted by Gasteiger charge is 2.44. The molecule has 1 saturated heterocycles. The van der Waals surface area contributed by atoms with Crippen molar-refractivity contribution in [3.63, 3.8) is 0 Å². The van der Waals surface area contributed by atoms with E-state index in [0.717, 1.165) is 38.5 Å². The zero-order chi connectivity index (χ0) is 31.0. The molecule has 1 amide bonds. The van der Waals surface area contributed by atoms with Crippen LogP contribution in [-0.2, 0) is 14.3 Å². The monoisotopic (exact) mass is 603 g/mol. The summed E-state index contributed by atoms with van der Waals surface area (Å²) in [6, 6.07) is -0.706. The van der Waals surface area contributed by atoms with Gasteiger partial charge in [0.15, 0.2) is 6.29 Å². The molecule has 1 fully saturated rings. The molecule has 9 heteroatoms. The minimum atomic E-state index is -1.54. The third-order valence-electron chi connectivity index (χ3n) is 8.46. The van der Waals surface area contributed by atoms with Crippen LogP contribution in [0.3, 0.4) is 0 Å². The Hall–Kier alpha value is -0.810. The van der Waals surface area contributed by atoms with E-state index in [-0.39, 0.29) is 12.5 Å². The predicted molar refractivity (Wildman–Crippen MR) is 166 cm³/mol. The Morgan fingerprint density at radius 3 is 1.69 bits per heavy atom. The van der Waals surface area contributed by atoms with Crippen molar-refractivity contribution in [2.45, 2.75) is 192 Å². The largest absolute Gasteiger partial charge is 0.394 e. The molecule has 1 rings (SSSR count). The molecule has 1 aliphatic rings. The van der Waals surface area contributed by atoms with Crippen LogP contribution in [0, 0.1) is 0 Å². The van der Waals surface area contributed by atoms with Gasteiger partial charge in [0.05, 0.1) is 25.4 Å². The average molecular weight is 604 g/mol. The fourth-order valence-corrected chi connectivity index (χ4v) is 5.57. The highest BCUT2D eigenvalue weighted by Crippen LogP contribution is 2.23. The highest BCUT2D eigenvalue weighted by atomic mass is 16.7. The van der Waals surface area contributed by atoms with Crippen LogP contribution >= 0.6 is 0 Å². The fraction of sp³-hybridized carbons (Fsp3) is 0.970. The molecule has 1 heterocycles. The van der Waals surface area contributed by atoms with Gasteiger partial charge in [-0.1, -0.05) is 129 Å². The number of aliphatic hydroxyl groups is 5. The molecule has 7 atom stereocenters. The van der Waals surface area contributed by atoms with E-state index in [1.807, 2.05) is 0 Å². The normalized spacial score (nSPS) is 24.0. The molecular formula is C33H65NO8. The number of ether oxygens (including phenoxy) is 2. The zero-order valence-corrected chi connectivity index (χ0v) is 26.8. The second-order valence-electron chi connectivity index (χ2n) is 12.3. The summed E-state index contributed by atoms with van der Waals surface area (Å²) in [5.74, 6) is -0.150. The second-order valence-corrected chi connectivity index (χ2v) is 12.3. The van der Waals surface area contributed by atoms with Crippen LogP contribution in [-0.4, -0.2) is 87.5 Å². The van der Waals surface area contributed by atoms with Crippen LogP contribution in [0.5, 0.6) is 0 Å². The molecule has 0 aliphatic carbocycles. The van der Waals surface area contributed by atoms with Crippen LogP contribution in [0.4, 0.5) is 0 Å². The van der Waals surface area contributed by atoms with E-state index in [1.54, 1.807) is 0 Å². The molecule has 9 nitrogen and oxygen atoms in total. The fourth-order valence-electron chi connectivity index (χ4n) is 5.57. The topological polar surface area (TPSA) is 149 Å². The SMILES string of the molecule is CCCCCCCCCCCC[C@@H](O)[C@H](CO[C@@H]1O[C@H](CO)[C@@H](O)C(O)C1O)NC(=O)CCCCCCCCCCC. The molecule has 0 radical (unpaired) electrons. The van der Waals surface area contributed by atoms with Gasteiger partial charge in [-0.15, -0.1) is 0 Å².